The second kappa shape index (κ2) is 5.51. The molecule has 3 heteroatoms. The molecule has 0 aromatic carbocycles. The number of rotatable bonds is 4. The van der Waals surface area contributed by atoms with Gasteiger partial charge in [-0.3, -0.25) is 0 Å². The minimum Gasteiger partial charge on any atom is -0.378 e. The first-order valence-electron chi connectivity index (χ1n) is 6.50. The molecule has 3 unspecified atom stereocenters. The highest BCUT2D eigenvalue weighted by Crippen LogP contribution is 2.27. The molecule has 1 fully saturated rings. The fourth-order valence-corrected chi connectivity index (χ4v) is 3.59. The number of hydrogen-bond acceptors (Lipinski definition) is 3. The fraction of sp³-hybridized carbons (Fsp3) is 0.714. The monoisotopic (exact) mass is 253 g/mol. The van der Waals surface area contributed by atoms with Gasteiger partial charge in [-0.25, -0.2) is 0 Å². The summed E-state index contributed by atoms with van der Waals surface area (Å²) in [5.74, 6) is 0.678. The van der Waals surface area contributed by atoms with Crippen LogP contribution in [0.5, 0.6) is 0 Å². The molecule has 2 rings (SSSR count). The van der Waals surface area contributed by atoms with Crippen molar-refractivity contribution in [3.63, 3.8) is 0 Å². The third-order valence-corrected chi connectivity index (χ3v) is 4.75. The van der Waals surface area contributed by atoms with Gasteiger partial charge in [0, 0.05) is 28.9 Å². The van der Waals surface area contributed by atoms with Gasteiger partial charge in [0.2, 0.25) is 0 Å². The van der Waals surface area contributed by atoms with Gasteiger partial charge in [-0.15, -0.1) is 11.3 Å². The van der Waals surface area contributed by atoms with Gasteiger partial charge in [-0.2, -0.15) is 0 Å². The van der Waals surface area contributed by atoms with Gasteiger partial charge in [0.25, 0.3) is 0 Å². The molecule has 0 radical (unpaired) electrons. The molecule has 96 valence electrons. The van der Waals surface area contributed by atoms with Crippen molar-refractivity contribution in [2.24, 2.45) is 5.92 Å². The van der Waals surface area contributed by atoms with Crippen molar-refractivity contribution in [2.45, 2.75) is 46.3 Å². The molecule has 2 nitrogen and oxygen atoms in total. The van der Waals surface area contributed by atoms with Crippen LogP contribution >= 0.6 is 11.3 Å². The van der Waals surface area contributed by atoms with Gasteiger partial charge in [-0.05, 0) is 51.7 Å². The van der Waals surface area contributed by atoms with E-state index in [0.29, 0.717) is 18.1 Å². The Morgan fingerprint density at radius 2 is 2.29 bits per heavy atom. The van der Waals surface area contributed by atoms with Gasteiger partial charge in [0.05, 0.1) is 6.10 Å². The van der Waals surface area contributed by atoms with Crippen LogP contribution in [0.2, 0.25) is 0 Å². The van der Waals surface area contributed by atoms with E-state index in [1.54, 1.807) is 0 Å². The Labute approximate surface area is 108 Å². The highest BCUT2D eigenvalue weighted by Gasteiger charge is 2.24. The van der Waals surface area contributed by atoms with E-state index in [2.05, 4.69) is 39.1 Å². The molecule has 3 atom stereocenters. The molecule has 0 amide bonds. The second-order valence-corrected chi connectivity index (χ2v) is 6.58. The molecule has 0 saturated carbocycles. The zero-order valence-electron chi connectivity index (χ0n) is 11.2. The molecular weight excluding hydrogens is 230 g/mol. The number of hydrogen-bond donors (Lipinski definition) is 1. The lowest BCUT2D eigenvalue weighted by molar-refractivity contribution is 0.105. The molecule has 1 aliphatic rings. The summed E-state index contributed by atoms with van der Waals surface area (Å²) in [5.41, 5.74) is 1.46. The van der Waals surface area contributed by atoms with Crippen molar-refractivity contribution >= 4 is 11.3 Å². The van der Waals surface area contributed by atoms with Crippen LogP contribution < -0.4 is 5.32 Å². The summed E-state index contributed by atoms with van der Waals surface area (Å²) >= 11 is 1.89. The van der Waals surface area contributed by atoms with Crippen molar-refractivity contribution in [1.29, 1.82) is 0 Å². The van der Waals surface area contributed by atoms with E-state index in [1.807, 2.05) is 11.3 Å². The van der Waals surface area contributed by atoms with Crippen molar-refractivity contribution in [3.8, 4) is 0 Å². The number of ether oxygens (including phenoxy) is 1. The lowest BCUT2D eigenvalue weighted by Gasteiger charge is -2.19. The zero-order chi connectivity index (χ0) is 12.4. The smallest absolute Gasteiger partial charge is 0.0588 e. The zero-order valence-corrected chi connectivity index (χ0v) is 12.1. The normalized spacial score (nSPS) is 26.4. The molecular formula is C14H23NOS. The van der Waals surface area contributed by atoms with Gasteiger partial charge in [0.15, 0.2) is 0 Å². The van der Waals surface area contributed by atoms with Crippen LogP contribution in [0.3, 0.4) is 0 Å². The summed E-state index contributed by atoms with van der Waals surface area (Å²) in [6.45, 7) is 10.8. The Kier molecular flexibility index (Phi) is 4.23. The predicted octanol–water partition coefficient (Wildman–Crippen LogP) is 3.44. The Hall–Kier alpha value is -0.380. The topological polar surface area (TPSA) is 21.3 Å². The fourth-order valence-electron chi connectivity index (χ4n) is 2.56. The Morgan fingerprint density at radius 1 is 1.53 bits per heavy atom. The molecule has 1 saturated heterocycles. The van der Waals surface area contributed by atoms with E-state index >= 15 is 0 Å². The van der Waals surface area contributed by atoms with Gasteiger partial charge in [0.1, 0.15) is 0 Å². The first-order chi connectivity index (χ1) is 8.08. The van der Waals surface area contributed by atoms with E-state index in [9.17, 15) is 0 Å². The van der Waals surface area contributed by atoms with Crippen LogP contribution in [-0.4, -0.2) is 19.3 Å². The predicted molar refractivity (Wildman–Crippen MR) is 73.7 cm³/mol. The summed E-state index contributed by atoms with van der Waals surface area (Å²) in [6.07, 6.45) is 1.61. The lowest BCUT2D eigenvalue weighted by Crippen LogP contribution is -2.29. The van der Waals surface area contributed by atoms with Crippen molar-refractivity contribution < 1.29 is 4.74 Å². The third kappa shape index (κ3) is 3.09. The van der Waals surface area contributed by atoms with Gasteiger partial charge in [-0.1, -0.05) is 0 Å². The first-order valence-corrected chi connectivity index (χ1v) is 7.31. The molecule has 0 aliphatic carbocycles. The minimum absolute atomic E-state index is 0.417. The molecule has 0 bridgehead atoms. The highest BCUT2D eigenvalue weighted by molar-refractivity contribution is 7.12. The standard InChI is InChI=1S/C14H23NOS/c1-9-7-14(12(4)17-9)10(2)15-8-13-5-6-16-11(13)3/h7,10-11,13,15H,5-6,8H2,1-4H3. The van der Waals surface area contributed by atoms with Crippen LogP contribution in [0.1, 0.15) is 41.6 Å². The molecule has 2 heterocycles. The molecule has 1 N–H and O–H groups in total. The van der Waals surface area contributed by atoms with Gasteiger partial charge >= 0.3 is 0 Å². The van der Waals surface area contributed by atoms with Gasteiger partial charge < -0.3 is 10.1 Å². The van der Waals surface area contributed by atoms with Crippen LogP contribution in [-0.2, 0) is 4.74 Å². The quantitative estimate of drug-likeness (QED) is 0.887. The van der Waals surface area contributed by atoms with Crippen LogP contribution in [0.15, 0.2) is 6.07 Å². The van der Waals surface area contributed by atoms with Crippen molar-refractivity contribution in [1.82, 2.24) is 5.32 Å². The maximum atomic E-state index is 5.59. The third-order valence-electron chi connectivity index (χ3n) is 3.77. The van der Waals surface area contributed by atoms with Crippen LogP contribution in [0.25, 0.3) is 0 Å². The molecule has 0 spiro atoms. The average molecular weight is 253 g/mol. The van der Waals surface area contributed by atoms with Crippen LogP contribution in [0.4, 0.5) is 0 Å². The lowest BCUT2D eigenvalue weighted by atomic mass is 10.0. The molecule has 1 aromatic heterocycles. The highest BCUT2D eigenvalue weighted by atomic mass is 32.1. The largest absolute Gasteiger partial charge is 0.378 e. The number of thiophene rings is 1. The Bertz CT molecular complexity index is 374. The van der Waals surface area contributed by atoms with Crippen molar-refractivity contribution in [3.05, 3.63) is 21.4 Å². The second-order valence-electron chi connectivity index (χ2n) is 5.12. The molecule has 1 aromatic rings. The van der Waals surface area contributed by atoms with E-state index in [-0.39, 0.29) is 0 Å². The SMILES string of the molecule is Cc1cc(C(C)NCC2CCOC2C)c(C)s1. The minimum atomic E-state index is 0.417. The van der Waals surface area contributed by atoms with E-state index < -0.39 is 0 Å². The molecule has 1 aliphatic heterocycles. The number of aryl methyl sites for hydroxylation is 2. The van der Waals surface area contributed by atoms with Crippen LogP contribution in [0, 0.1) is 19.8 Å². The Morgan fingerprint density at radius 3 is 2.82 bits per heavy atom. The summed E-state index contributed by atoms with van der Waals surface area (Å²) in [4.78, 5) is 2.85. The maximum absolute atomic E-state index is 5.59. The van der Waals surface area contributed by atoms with E-state index in [4.69, 9.17) is 4.74 Å². The van der Waals surface area contributed by atoms with E-state index in [0.717, 1.165) is 13.2 Å². The maximum Gasteiger partial charge on any atom is 0.0588 e. The Balaban J connectivity index is 1.88. The summed E-state index contributed by atoms with van der Waals surface area (Å²) in [7, 11) is 0. The van der Waals surface area contributed by atoms with Crippen molar-refractivity contribution in [2.75, 3.05) is 13.2 Å². The summed E-state index contributed by atoms with van der Waals surface area (Å²) < 4.78 is 5.59. The summed E-state index contributed by atoms with van der Waals surface area (Å²) in [6, 6.07) is 2.76. The number of nitrogens with one attached hydrogen (secondary N) is 1. The summed E-state index contributed by atoms with van der Waals surface area (Å²) in [5, 5.41) is 3.65. The first kappa shape index (κ1) is 13.1. The average Bonchev–Trinajstić information content (AvgIpc) is 2.81. The molecule has 17 heavy (non-hydrogen) atoms. The van der Waals surface area contributed by atoms with E-state index in [1.165, 1.54) is 21.7 Å².